The summed E-state index contributed by atoms with van der Waals surface area (Å²) in [6, 6.07) is 15.4. The molecule has 1 atom stereocenters. The molecule has 0 amide bonds. The van der Waals surface area contributed by atoms with Gasteiger partial charge in [-0.15, -0.1) is 0 Å². The van der Waals surface area contributed by atoms with E-state index in [9.17, 15) is 13.2 Å². The standard InChI is InChI=1S/C18H16F3N3/c19-18(20,21)17-10-16(7-6-13(17)11-22)24-9-8-15(12-24)23-14-4-2-1-3-5-14/h1-7,10,15,23H,8-9,12H2. The van der Waals surface area contributed by atoms with Crippen LogP contribution in [0.2, 0.25) is 0 Å². The zero-order valence-electron chi connectivity index (χ0n) is 12.8. The van der Waals surface area contributed by atoms with Gasteiger partial charge in [-0.05, 0) is 36.8 Å². The first-order valence-corrected chi connectivity index (χ1v) is 7.65. The molecule has 0 aromatic heterocycles. The Bertz CT molecular complexity index is 750. The van der Waals surface area contributed by atoms with Crippen LogP contribution in [-0.4, -0.2) is 19.1 Å². The van der Waals surface area contributed by atoms with Gasteiger partial charge in [0.2, 0.25) is 0 Å². The van der Waals surface area contributed by atoms with Crippen LogP contribution in [0.5, 0.6) is 0 Å². The minimum atomic E-state index is -4.53. The molecule has 2 aromatic rings. The molecule has 0 aliphatic carbocycles. The maximum Gasteiger partial charge on any atom is 0.417 e. The number of benzene rings is 2. The second kappa shape index (κ2) is 6.44. The highest BCUT2D eigenvalue weighted by Gasteiger charge is 2.34. The highest BCUT2D eigenvalue weighted by atomic mass is 19.4. The number of nitrogens with zero attached hydrogens (tertiary/aromatic N) is 2. The van der Waals surface area contributed by atoms with Crippen LogP contribution in [0.3, 0.4) is 0 Å². The van der Waals surface area contributed by atoms with E-state index < -0.39 is 11.7 Å². The number of alkyl halides is 3. The molecule has 0 bridgehead atoms. The summed E-state index contributed by atoms with van der Waals surface area (Å²) in [5.41, 5.74) is 0.283. The normalized spacial score (nSPS) is 17.6. The lowest BCUT2D eigenvalue weighted by atomic mass is 10.1. The highest BCUT2D eigenvalue weighted by molar-refractivity contribution is 5.56. The van der Waals surface area contributed by atoms with Crippen molar-refractivity contribution in [2.45, 2.75) is 18.6 Å². The SMILES string of the molecule is N#Cc1ccc(N2CCC(Nc3ccccc3)C2)cc1C(F)(F)F. The molecule has 1 unspecified atom stereocenters. The summed E-state index contributed by atoms with van der Waals surface area (Å²) in [6.45, 7) is 1.30. The van der Waals surface area contributed by atoms with Gasteiger partial charge in [0.15, 0.2) is 0 Å². The molecule has 1 aliphatic rings. The molecular formula is C18H16F3N3. The van der Waals surface area contributed by atoms with E-state index >= 15 is 0 Å². The molecule has 2 aromatic carbocycles. The van der Waals surface area contributed by atoms with E-state index in [-0.39, 0.29) is 11.6 Å². The first kappa shape index (κ1) is 16.2. The number of halogens is 3. The average molecular weight is 331 g/mol. The molecule has 3 nitrogen and oxygen atoms in total. The Balaban J connectivity index is 1.75. The topological polar surface area (TPSA) is 39.1 Å². The molecule has 1 heterocycles. The predicted molar refractivity (Wildman–Crippen MR) is 86.8 cm³/mol. The van der Waals surface area contributed by atoms with Crippen LogP contribution in [0, 0.1) is 11.3 Å². The van der Waals surface area contributed by atoms with Gasteiger partial charge >= 0.3 is 6.18 Å². The minimum absolute atomic E-state index is 0.178. The van der Waals surface area contributed by atoms with Gasteiger partial charge in [-0.25, -0.2) is 0 Å². The zero-order valence-corrected chi connectivity index (χ0v) is 12.8. The molecule has 1 N–H and O–H groups in total. The molecule has 1 aliphatic heterocycles. The summed E-state index contributed by atoms with van der Waals surface area (Å²) in [7, 11) is 0. The smallest absolute Gasteiger partial charge is 0.380 e. The van der Waals surface area contributed by atoms with E-state index in [2.05, 4.69) is 5.32 Å². The monoisotopic (exact) mass is 331 g/mol. The third-order valence-corrected chi connectivity index (χ3v) is 4.13. The van der Waals surface area contributed by atoms with Gasteiger partial charge in [0.1, 0.15) is 0 Å². The first-order valence-electron chi connectivity index (χ1n) is 7.65. The zero-order chi connectivity index (χ0) is 17.2. The Labute approximate surface area is 138 Å². The highest BCUT2D eigenvalue weighted by Crippen LogP contribution is 2.35. The Morgan fingerprint density at radius 3 is 2.54 bits per heavy atom. The predicted octanol–water partition coefficient (Wildman–Crippen LogP) is 4.27. The number of rotatable bonds is 3. The third-order valence-electron chi connectivity index (χ3n) is 4.13. The van der Waals surface area contributed by atoms with E-state index in [1.807, 2.05) is 35.2 Å². The second-order valence-corrected chi connectivity index (χ2v) is 5.78. The van der Waals surface area contributed by atoms with Crippen LogP contribution in [0.15, 0.2) is 48.5 Å². The van der Waals surface area contributed by atoms with Crippen molar-refractivity contribution in [1.29, 1.82) is 5.26 Å². The van der Waals surface area contributed by atoms with Crippen LogP contribution in [0.4, 0.5) is 24.5 Å². The summed E-state index contributed by atoms with van der Waals surface area (Å²) in [4.78, 5) is 1.91. The van der Waals surface area contributed by atoms with Gasteiger partial charge in [-0.3, -0.25) is 0 Å². The van der Waals surface area contributed by atoms with E-state index in [1.54, 1.807) is 12.1 Å². The average Bonchev–Trinajstić information content (AvgIpc) is 3.03. The number of hydrogen-bond acceptors (Lipinski definition) is 3. The molecule has 0 radical (unpaired) electrons. The molecule has 0 spiro atoms. The Morgan fingerprint density at radius 2 is 1.88 bits per heavy atom. The van der Waals surface area contributed by atoms with Crippen LogP contribution in [0.1, 0.15) is 17.5 Å². The molecule has 6 heteroatoms. The van der Waals surface area contributed by atoms with Crippen molar-refractivity contribution in [2.24, 2.45) is 0 Å². The van der Waals surface area contributed by atoms with Gasteiger partial charge < -0.3 is 10.2 Å². The molecular weight excluding hydrogens is 315 g/mol. The van der Waals surface area contributed by atoms with Crippen molar-refractivity contribution in [3.05, 3.63) is 59.7 Å². The molecule has 24 heavy (non-hydrogen) atoms. The van der Waals surface area contributed by atoms with Gasteiger partial charge in [-0.2, -0.15) is 18.4 Å². The molecule has 1 saturated heterocycles. The molecule has 1 fully saturated rings. The summed E-state index contributed by atoms with van der Waals surface area (Å²) in [5.74, 6) is 0. The van der Waals surface area contributed by atoms with Crippen LogP contribution < -0.4 is 10.2 Å². The number of nitriles is 1. The van der Waals surface area contributed by atoms with Crippen molar-refractivity contribution in [1.82, 2.24) is 0 Å². The summed E-state index contributed by atoms with van der Waals surface area (Å²) in [5, 5.41) is 12.3. The van der Waals surface area contributed by atoms with Gasteiger partial charge in [0.25, 0.3) is 0 Å². The fourth-order valence-corrected chi connectivity index (χ4v) is 2.94. The van der Waals surface area contributed by atoms with E-state index in [0.717, 1.165) is 18.2 Å². The second-order valence-electron chi connectivity index (χ2n) is 5.78. The van der Waals surface area contributed by atoms with Gasteiger partial charge in [-0.1, -0.05) is 18.2 Å². The molecule has 0 saturated carbocycles. The molecule has 3 rings (SSSR count). The van der Waals surface area contributed by atoms with Gasteiger partial charge in [0.05, 0.1) is 17.2 Å². The fourth-order valence-electron chi connectivity index (χ4n) is 2.94. The summed E-state index contributed by atoms with van der Waals surface area (Å²) < 4.78 is 39.3. The lowest BCUT2D eigenvalue weighted by molar-refractivity contribution is -0.137. The van der Waals surface area contributed by atoms with Crippen molar-refractivity contribution in [3.63, 3.8) is 0 Å². The lowest BCUT2D eigenvalue weighted by Gasteiger charge is -2.21. The summed E-state index contributed by atoms with van der Waals surface area (Å²) >= 11 is 0. The van der Waals surface area contributed by atoms with E-state index in [0.29, 0.717) is 18.8 Å². The van der Waals surface area contributed by atoms with Crippen LogP contribution in [-0.2, 0) is 6.18 Å². The Hall–Kier alpha value is -2.68. The van der Waals surface area contributed by atoms with Crippen molar-refractivity contribution in [2.75, 3.05) is 23.3 Å². The summed E-state index contributed by atoms with van der Waals surface area (Å²) in [6.07, 6.45) is -3.68. The third kappa shape index (κ3) is 3.46. The van der Waals surface area contributed by atoms with Crippen molar-refractivity contribution >= 4 is 11.4 Å². The number of nitrogens with one attached hydrogen (secondary N) is 1. The van der Waals surface area contributed by atoms with Crippen molar-refractivity contribution in [3.8, 4) is 6.07 Å². The fraction of sp³-hybridized carbons (Fsp3) is 0.278. The number of anilines is 2. The van der Waals surface area contributed by atoms with E-state index in [4.69, 9.17) is 5.26 Å². The van der Waals surface area contributed by atoms with E-state index in [1.165, 1.54) is 6.07 Å². The minimum Gasteiger partial charge on any atom is -0.380 e. The Morgan fingerprint density at radius 1 is 1.12 bits per heavy atom. The first-order chi connectivity index (χ1) is 11.5. The number of para-hydroxylation sites is 1. The van der Waals surface area contributed by atoms with Crippen LogP contribution >= 0.6 is 0 Å². The maximum absolute atomic E-state index is 13.1. The molecule has 124 valence electrons. The lowest BCUT2D eigenvalue weighted by Crippen LogP contribution is -2.26. The Kier molecular flexibility index (Phi) is 4.34. The largest absolute Gasteiger partial charge is 0.417 e. The quantitative estimate of drug-likeness (QED) is 0.913. The maximum atomic E-state index is 13.1. The van der Waals surface area contributed by atoms with Crippen LogP contribution in [0.25, 0.3) is 0 Å². The van der Waals surface area contributed by atoms with Gasteiger partial charge in [0, 0.05) is 30.5 Å². The van der Waals surface area contributed by atoms with Crippen molar-refractivity contribution < 1.29 is 13.2 Å². The number of hydrogen-bond donors (Lipinski definition) is 1.